The molecule has 6 nitrogen and oxygen atoms in total. The molecule has 1 N–H and O–H groups in total. The van der Waals surface area contributed by atoms with Gasteiger partial charge in [-0.05, 0) is 68.0 Å². The number of nitrogens with zero attached hydrogens (tertiary/aromatic N) is 1. The van der Waals surface area contributed by atoms with Gasteiger partial charge in [-0.1, -0.05) is 18.6 Å². The predicted molar refractivity (Wildman–Crippen MR) is 116 cm³/mol. The Hall–Kier alpha value is -2.45. The van der Waals surface area contributed by atoms with Crippen LogP contribution in [-0.4, -0.2) is 38.3 Å². The van der Waals surface area contributed by atoms with Crippen molar-refractivity contribution in [3.05, 3.63) is 53.8 Å². The van der Waals surface area contributed by atoms with E-state index < -0.39 is 10.0 Å². The lowest BCUT2D eigenvalue weighted by atomic mass is 10.1. The van der Waals surface area contributed by atoms with Crippen molar-refractivity contribution in [3.63, 3.8) is 0 Å². The zero-order valence-electron chi connectivity index (χ0n) is 17.5. The summed E-state index contributed by atoms with van der Waals surface area (Å²) in [6.45, 7) is 3.25. The fourth-order valence-corrected chi connectivity index (χ4v) is 5.64. The highest BCUT2D eigenvalue weighted by Crippen LogP contribution is 2.48. The molecule has 4 rings (SSSR count). The molecule has 2 unspecified atom stereocenters. The number of sulfonamides is 1. The number of amides is 1. The van der Waals surface area contributed by atoms with Crippen LogP contribution in [0.15, 0.2) is 47.4 Å². The highest BCUT2D eigenvalue weighted by molar-refractivity contribution is 7.89. The molecule has 0 radical (unpaired) electrons. The zero-order chi connectivity index (χ0) is 22.0. The molecule has 0 aromatic heterocycles. The Labute approximate surface area is 182 Å². The molecule has 2 fully saturated rings. The predicted octanol–water partition coefficient (Wildman–Crippen LogP) is 4.14. The number of hydrogen-bond acceptors (Lipinski definition) is 4. The summed E-state index contributed by atoms with van der Waals surface area (Å²) in [4.78, 5) is 13.0. The molecule has 0 bridgehead atoms. The van der Waals surface area contributed by atoms with Crippen molar-refractivity contribution in [1.82, 2.24) is 4.31 Å². The maximum atomic E-state index is 13.2. The van der Waals surface area contributed by atoms with E-state index in [1.165, 1.54) is 28.6 Å². The van der Waals surface area contributed by atoms with Crippen molar-refractivity contribution >= 4 is 21.6 Å². The summed E-state index contributed by atoms with van der Waals surface area (Å²) in [6, 6.07) is 10.8. The molecule has 1 aliphatic carbocycles. The standard InChI is InChI=1S/C23H27FN2O4S/c1-2-30-22-11-10-18(31(28,29)26-12-4-3-5-13-26)14-21(22)25-23(27)20-15-19(20)16-6-8-17(24)9-7-16/h6-11,14,19-20H,2-5,12-13,15H2,1H3,(H,25,27). The largest absolute Gasteiger partial charge is 0.492 e. The Balaban J connectivity index is 1.53. The number of ether oxygens (including phenoxy) is 1. The van der Waals surface area contributed by atoms with Crippen molar-refractivity contribution in [2.45, 2.75) is 43.4 Å². The lowest BCUT2D eigenvalue weighted by Crippen LogP contribution is -2.35. The number of rotatable bonds is 7. The summed E-state index contributed by atoms with van der Waals surface area (Å²) < 4.78 is 46.4. The number of hydrogen-bond donors (Lipinski definition) is 1. The van der Waals surface area contributed by atoms with Crippen LogP contribution in [0.4, 0.5) is 10.1 Å². The SMILES string of the molecule is CCOc1ccc(S(=O)(=O)N2CCCCC2)cc1NC(=O)C1CC1c1ccc(F)cc1. The van der Waals surface area contributed by atoms with Crippen molar-refractivity contribution in [3.8, 4) is 5.75 Å². The summed E-state index contributed by atoms with van der Waals surface area (Å²) in [7, 11) is -3.62. The minimum atomic E-state index is -3.62. The molecule has 2 atom stereocenters. The van der Waals surface area contributed by atoms with E-state index in [1.807, 2.05) is 6.92 Å². The molecular weight excluding hydrogens is 419 g/mol. The number of nitrogens with one attached hydrogen (secondary N) is 1. The molecule has 1 heterocycles. The van der Waals surface area contributed by atoms with Crippen LogP contribution >= 0.6 is 0 Å². The first-order valence-corrected chi connectivity index (χ1v) is 12.2. The molecule has 1 saturated heterocycles. The van der Waals surface area contributed by atoms with Gasteiger partial charge in [0.1, 0.15) is 11.6 Å². The summed E-state index contributed by atoms with van der Waals surface area (Å²) in [5, 5.41) is 2.86. The van der Waals surface area contributed by atoms with Crippen LogP contribution in [0.1, 0.15) is 44.1 Å². The van der Waals surface area contributed by atoms with Crippen LogP contribution < -0.4 is 10.1 Å². The van der Waals surface area contributed by atoms with Crippen LogP contribution in [0, 0.1) is 11.7 Å². The van der Waals surface area contributed by atoms with E-state index >= 15 is 0 Å². The number of carbonyl (C=O) groups excluding carboxylic acids is 1. The Morgan fingerprint density at radius 3 is 2.52 bits per heavy atom. The van der Waals surface area contributed by atoms with E-state index in [0.29, 0.717) is 37.6 Å². The number of carbonyl (C=O) groups is 1. The molecular formula is C23H27FN2O4S. The minimum absolute atomic E-state index is 0.0383. The third-order valence-corrected chi connectivity index (χ3v) is 7.78. The van der Waals surface area contributed by atoms with E-state index in [1.54, 1.807) is 18.2 Å². The van der Waals surface area contributed by atoms with Crippen molar-refractivity contribution in [2.24, 2.45) is 5.92 Å². The van der Waals surface area contributed by atoms with E-state index in [4.69, 9.17) is 4.74 Å². The van der Waals surface area contributed by atoms with Gasteiger partial charge in [-0.2, -0.15) is 4.31 Å². The topological polar surface area (TPSA) is 75.7 Å². The van der Waals surface area contributed by atoms with Gasteiger partial charge in [0.05, 0.1) is 17.2 Å². The number of anilines is 1. The fourth-order valence-electron chi connectivity index (χ4n) is 4.09. The van der Waals surface area contributed by atoms with Gasteiger partial charge < -0.3 is 10.1 Å². The second-order valence-corrected chi connectivity index (χ2v) is 9.98. The summed E-state index contributed by atoms with van der Waals surface area (Å²) in [6.07, 6.45) is 3.42. The van der Waals surface area contributed by atoms with Gasteiger partial charge in [-0.3, -0.25) is 4.79 Å². The van der Waals surface area contributed by atoms with Crippen molar-refractivity contribution < 1.29 is 22.3 Å². The lowest BCUT2D eigenvalue weighted by Gasteiger charge is -2.26. The van der Waals surface area contributed by atoms with Gasteiger partial charge in [0.2, 0.25) is 15.9 Å². The highest BCUT2D eigenvalue weighted by atomic mass is 32.2. The quantitative estimate of drug-likeness (QED) is 0.694. The van der Waals surface area contributed by atoms with Crippen molar-refractivity contribution in [1.29, 1.82) is 0 Å². The molecule has 2 aromatic rings. The van der Waals surface area contributed by atoms with Gasteiger partial charge in [0, 0.05) is 19.0 Å². The smallest absolute Gasteiger partial charge is 0.243 e. The van der Waals surface area contributed by atoms with E-state index in [0.717, 1.165) is 24.8 Å². The monoisotopic (exact) mass is 446 g/mol. The van der Waals surface area contributed by atoms with Crippen LogP contribution in [-0.2, 0) is 14.8 Å². The summed E-state index contributed by atoms with van der Waals surface area (Å²) >= 11 is 0. The first-order chi connectivity index (χ1) is 14.9. The second-order valence-electron chi connectivity index (χ2n) is 8.05. The zero-order valence-corrected chi connectivity index (χ0v) is 18.3. The Kier molecular flexibility index (Phi) is 6.29. The molecule has 1 aliphatic heterocycles. The fraction of sp³-hybridized carbons (Fsp3) is 0.435. The summed E-state index contributed by atoms with van der Waals surface area (Å²) in [5.41, 5.74) is 1.28. The highest BCUT2D eigenvalue weighted by Gasteiger charge is 2.44. The van der Waals surface area contributed by atoms with Crippen LogP contribution in [0.5, 0.6) is 5.75 Å². The molecule has 1 amide bonds. The van der Waals surface area contributed by atoms with Crippen LogP contribution in [0.3, 0.4) is 0 Å². The Morgan fingerprint density at radius 2 is 1.84 bits per heavy atom. The van der Waals surface area contributed by atoms with E-state index in [9.17, 15) is 17.6 Å². The molecule has 2 aliphatic rings. The second kappa shape index (κ2) is 8.96. The van der Waals surface area contributed by atoms with Gasteiger partial charge >= 0.3 is 0 Å². The molecule has 1 saturated carbocycles. The molecule has 2 aromatic carbocycles. The maximum Gasteiger partial charge on any atom is 0.243 e. The third-order valence-electron chi connectivity index (χ3n) is 5.89. The Morgan fingerprint density at radius 1 is 1.13 bits per heavy atom. The minimum Gasteiger partial charge on any atom is -0.492 e. The summed E-state index contributed by atoms with van der Waals surface area (Å²) in [5.74, 6) is -0.257. The normalized spacial score (nSPS) is 21.5. The van der Waals surface area contributed by atoms with Gasteiger partial charge in [-0.15, -0.1) is 0 Å². The molecule has 8 heteroatoms. The van der Waals surface area contributed by atoms with Gasteiger partial charge in [0.15, 0.2) is 0 Å². The lowest BCUT2D eigenvalue weighted by molar-refractivity contribution is -0.117. The average molecular weight is 447 g/mol. The number of benzene rings is 2. The third kappa shape index (κ3) is 4.75. The first-order valence-electron chi connectivity index (χ1n) is 10.7. The number of piperidine rings is 1. The van der Waals surface area contributed by atoms with Crippen LogP contribution in [0.2, 0.25) is 0 Å². The molecule has 166 valence electrons. The maximum absolute atomic E-state index is 13.2. The molecule has 0 spiro atoms. The van der Waals surface area contributed by atoms with Crippen LogP contribution in [0.25, 0.3) is 0 Å². The van der Waals surface area contributed by atoms with E-state index in [-0.39, 0.29) is 28.5 Å². The Bertz CT molecular complexity index is 1050. The number of halogens is 1. The first kappa shape index (κ1) is 21.8. The van der Waals surface area contributed by atoms with Gasteiger partial charge in [0.25, 0.3) is 0 Å². The average Bonchev–Trinajstić information content (AvgIpc) is 3.57. The molecule has 31 heavy (non-hydrogen) atoms. The van der Waals surface area contributed by atoms with E-state index in [2.05, 4.69) is 5.32 Å². The van der Waals surface area contributed by atoms with Crippen molar-refractivity contribution in [2.75, 3.05) is 25.0 Å². The van der Waals surface area contributed by atoms with Gasteiger partial charge in [-0.25, -0.2) is 12.8 Å².